The van der Waals surface area contributed by atoms with Gasteiger partial charge < -0.3 is 15.8 Å². The summed E-state index contributed by atoms with van der Waals surface area (Å²) in [6, 6.07) is 7.34. The smallest absolute Gasteiger partial charge is 0.326 e. The molecule has 0 fully saturated rings. The highest BCUT2D eigenvalue weighted by atomic mass is 35.5. The number of nitrogens with two attached hydrogens (primary N) is 1. The molecule has 22 heavy (non-hydrogen) atoms. The second-order valence-electron chi connectivity index (χ2n) is 4.46. The molecule has 6 nitrogen and oxygen atoms in total. The van der Waals surface area contributed by atoms with Crippen LogP contribution in [-0.4, -0.2) is 30.4 Å². The molecule has 2 aromatic rings. The Hall–Kier alpha value is -2.12. The van der Waals surface area contributed by atoms with Gasteiger partial charge in [0.1, 0.15) is 11.4 Å². The molecule has 0 spiro atoms. The summed E-state index contributed by atoms with van der Waals surface area (Å²) in [6.45, 7) is 0.978. The molecule has 2 amide bonds. The Kier molecular flexibility index (Phi) is 4.99. The van der Waals surface area contributed by atoms with Gasteiger partial charge in [-0.25, -0.2) is 0 Å². The molecule has 0 saturated carbocycles. The van der Waals surface area contributed by atoms with E-state index in [4.69, 9.17) is 22.1 Å². The van der Waals surface area contributed by atoms with Crippen LogP contribution in [0.15, 0.2) is 24.3 Å². The van der Waals surface area contributed by atoms with Crippen molar-refractivity contribution in [1.82, 2.24) is 5.32 Å². The summed E-state index contributed by atoms with van der Waals surface area (Å²) in [7, 11) is 0. The van der Waals surface area contributed by atoms with Gasteiger partial charge in [-0.2, -0.15) is 0 Å². The van der Waals surface area contributed by atoms with E-state index in [1.165, 1.54) is 18.3 Å². The number of fused-ring (bicyclic) bond motifs is 1. The lowest BCUT2D eigenvalue weighted by Gasteiger charge is -2.09. The molecule has 0 aliphatic rings. The van der Waals surface area contributed by atoms with Gasteiger partial charge >= 0.3 is 5.97 Å². The average molecular weight is 341 g/mol. The molecule has 0 aliphatic heterocycles. The monoisotopic (exact) mass is 340 g/mol. The molecule has 0 aliphatic carbocycles. The van der Waals surface area contributed by atoms with Crippen molar-refractivity contribution in [1.29, 1.82) is 0 Å². The van der Waals surface area contributed by atoms with Gasteiger partial charge in [-0.05, 0) is 13.0 Å². The first kappa shape index (κ1) is 16.3. The van der Waals surface area contributed by atoms with E-state index in [-0.39, 0.29) is 6.54 Å². The van der Waals surface area contributed by atoms with Gasteiger partial charge in [0.05, 0.1) is 5.02 Å². The van der Waals surface area contributed by atoms with E-state index in [1.54, 1.807) is 0 Å². The molecular weight excluding hydrogens is 328 g/mol. The van der Waals surface area contributed by atoms with Crippen LogP contribution in [0.2, 0.25) is 5.02 Å². The van der Waals surface area contributed by atoms with Crippen LogP contribution in [0.4, 0.5) is 0 Å². The summed E-state index contributed by atoms with van der Waals surface area (Å²) in [5.74, 6) is -1.99. The van der Waals surface area contributed by atoms with Gasteiger partial charge in [-0.15, -0.1) is 11.3 Å². The van der Waals surface area contributed by atoms with Crippen molar-refractivity contribution in [2.24, 2.45) is 5.73 Å². The van der Waals surface area contributed by atoms with Crippen LogP contribution < -0.4 is 11.1 Å². The number of hydrogen-bond acceptors (Lipinski definition) is 5. The number of esters is 1. The second-order valence-corrected chi connectivity index (χ2v) is 5.89. The Morgan fingerprint density at radius 3 is 2.68 bits per heavy atom. The van der Waals surface area contributed by atoms with Crippen LogP contribution in [0.1, 0.15) is 16.6 Å². The minimum absolute atomic E-state index is 0.318. The number of nitrogens with one attached hydrogen (secondary N) is 1. The summed E-state index contributed by atoms with van der Waals surface area (Å²) < 4.78 is 5.61. The number of rotatable bonds is 5. The summed E-state index contributed by atoms with van der Waals surface area (Å²) in [6.07, 6.45) is -1.04. The van der Waals surface area contributed by atoms with Gasteiger partial charge in [0.15, 0.2) is 6.10 Å². The number of carbonyl (C=O) groups excluding carboxylic acids is 3. The minimum atomic E-state index is -1.04. The third-order valence-electron chi connectivity index (χ3n) is 2.84. The van der Waals surface area contributed by atoms with Gasteiger partial charge in [0.25, 0.3) is 11.8 Å². The third-order valence-corrected chi connectivity index (χ3v) is 4.52. The van der Waals surface area contributed by atoms with E-state index in [9.17, 15) is 14.4 Å². The molecule has 0 saturated heterocycles. The number of ether oxygens (including phenoxy) is 1. The van der Waals surface area contributed by atoms with Crippen LogP contribution >= 0.6 is 22.9 Å². The Morgan fingerprint density at radius 1 is 1.36 bits per heavy atom. The third kappa shape index (κ3) is 3.55. The average Bonchev–Trinajstić information content (AvgIpc) is 2.82. The largest absolute Gasteiger partial charge is 0.451 e. The standard InChI is InChI=1S/C14H13ClN2O4S/c1-7(13(16)19)21-10(18)6-17-14(20)12-11(15)8-4-2-3-5-9(8)22-12/h2-5,7H,6H2,1H3,(H2,16,19)(H,17,20)/t7-/m1/s1. The van der Waals surface area contributed by atoms with Gasteiger partial charge in [-0.3, -0.25) is 14.4 Å². The predicted molar refractivity (Wildman–Crippen MR) is 83.9 cm³/mol. The van der Waals surface area contributed by atoms with Crippen molar-refractivity contribution in [3.8, 4) is 0 Å². The lowest BCUT2D eigenvalue weighted by atomic mass is 10.2. The summed E-state index contributed by atoms with van der Waals surface area (Å²) in [5.41, 5.74) is 4.97. The molecule has 1 atom stereocenters. The lowest BCUT2D eigenvalue weighted by molar-refractivity contribution is -0.152. The van der Waals surface area contributed by atoms with E-state index < -0.39 is 23.9 Å². The molecule has 0 radical (unpaired) electrons. The van der Waals surface area contributed by atoms with Crippen molar-refractivity contribution in [3.63, 3.8) is 0 Å². The zero-order valence-electron chi connectivity index (χ0n) is 11.6. The van der Waals surface area contributed by atoms with Gasteiger partial charge in [0, 0.05) is 10.1 Å². The van der Waals surface area contributed by atoms with Crippen LogP contribution in [0.3, 0.4) is 0 Å². The molecule has 1 heterocycles. The topological polar surface area (TPSA) is 98.5 Å². The molecular formula is C14H13ClN2O4S. The predicted octanol–water partition coefficient (Wildman–Crippen LogP) is 1.70. The fourth-order valence-corrected chi connectivity index (χ4v) is 3.12. The number of carbonyl (C=O) groups is 3. The fraction of sp³-hybridized carbons (Fsp3) is 0.214. The summed E-state index contributed by atoms with van der Waals surface area (Å²) in [5, 5.41) is 3.53. The number of amides is 2. The molecule has 116 valence electrons. The van der Waals surface area contributed by atoms with Crippen molar-refractivity contribution in [2.45, 2.75) is 13.0 Å². The Morgan fingerprint density at radius 2 is 2.05 bits per heavy atom. The SMILES string of the molecule is C[C@@H](OC(=O)CNC(=O)c1sc2ccccc2c1Cl)C(N)=O. The first-order valence-electron chi connectivity index (χ1n) is 6.34. The van der Waals surface area contributed by atoms with E-state index in [0.717, 1.165) is 10.1 Å². The maximum absolute atomic E-state index is 12.1. The highest BCUT2D eigenvalue weighted by Crippen LogP contribution is 2.34. The zero-order chi connectivity index (χ0) is 16.3. The van der Waals surface area contributed by atoms with Crippen molar-refractivity contribution in [3.05, 3.63) is 34.2 Å². The molecule has 8 heteroatoms. The van der Waals surface area contributed by atoms with E-state index in [2.05, 4.69) is 5.32 Å². The summed E-state index contributed by atoms with van der Waals surface area (Å²) in [4.78, 5) is 34.6. The van der Waals surface area contributed by atoms with Crippen LogP contribution in [0.25, 0.3) is 10.1 Å². The van der Waals surface area contributed by atoms with E-state index >= 15 is 0 Å². The molecule has 1 aromatic carbocycles. The molecule has 2 rings (SSSR count). The maximum atomic E-state index is 12.1. The zero-order valence-corrected chi connectivity index (χ0v) is 13.2. The molecule has 0 unspecified atom stereocenters. The van der Waals surface area contributed by atoms with Crippen LogP contribution in [0, 0.1) is 0 Å². The Bertz CT molecular complexity index is 744. The second kappa shape index (κ2) is 6.76. The minimum Gasteiger partial charge on any atom is -0.451 e. The first-order chi connectivity index (χ1) is 10.4. The number of benzene rings is 1. The van der Waals surface area contributed by atoms with E-state index in [1.807, 2.05) is 24.3 Å². The van der Waals surface area contributed by atoms with Crippen molar-refractivity contribution in [2.75, 3.05) is 6.54 Å². The Labute approximate surface area is 135 Å². The number of hydrogen-bond donors (Lipinski definition) is 2. The lowest BCUT2D eigenvalue weighted by Crippen LogP contribution is -2.36. The van der Waals surface area contributed by atoms with E-state index in [0.29, 0.717) is 9.90 Å². The summed E-state index contributed by atoms with van der Waals surface area (Å²) >= 11 is 7.40. The van der Waals surface area contributed by atoms with Crippen LogP contribution in [0.5, 0.6) is 0 Å². The highest BCUT2D eigenvalue weighted by Gasteiger charge is 2.19. The van der Waals surface area contributed by atoms with Crippen molar-refractivity contribution < 1.29 is 19.1 Å². The van der Waals surface area contributed by atoms with Gasteiger partial charge in [-0.1, -0.05) is 29.8 Å². The van der Waals surface area contributed by atoms with Gasteiger partial charge in [0.2, 0.25) is 0 Å². The number of primary amides is 1. The van der Waals surface area contributed by atoms with Crippen molar-refractivity contribution >= 4 is 50.8 Å². The number of halogens is 1. The highest BCUT2D eigenvalue weighted by molar-refractivity contribution is 7.21. The molecule has 1 aromatic heterocycles. The molecule has 0 bridgehead atoms. The van der Waals surface area contributed by atoms with Crippen LogP contribution in [-0.2, 0) is 14.3 Å². The fourth-order valence-electron chi connectivity index (χ4n) is 1.69. The quantitative estimate of drug-likeness (QED) is 0.809. The maximum Gasteiger partial charge on any atom is 0.326 e. The normalized spacial score (nSPS) is 11.9. The Balaban J connectivity index is 2.01. The number of thiophene rings is 1. The first-order valence-corrected chi connectivity index (χ1v) is 7.53. The molecule has 3 N–H and O–H groups in total.